The van der Waals surface area contributed by atoms with E-state index >= 15 is 0 Å². The summed E-state index contributed by atoms with van der Waals surface area (Å²) in [5, 5.41) is 6.04. The van der Waals surface area contributed by atoms with E-state index in [2.05, 4.69) is 15.6 Å². The van der Waals surface area contributed by atoms with Gasteiger partial charge in [-0.05, 0) is 44.7 Å². The molecule has 2 amide bonds. The Labute approximate surface area is 211 Å². The number of benzene rings is 1. The zero-order chi connectivity index (χ0) is 25.4. The van der Waals surface area contributed by atoms with Crippen molar-refractivity contribution < 1.29 is 14.4 Å². The average molecular weight is 488 g/mol. The third-order valence-corrected chi connectivity index (χ3v) is 8.05. The number of rotatable bonds is 5. The predicted molar refractivity (Wildman–Crippen MR) is 139 cm³/mol. The number of nitrogens with two attached hydrogens (primary N) is 1. The molecule has 1 aromatic carbocycles. The summed E-state index contributed by atoms with van der Waals surface area (Å²) in [5.41, 5.74) is 5.43. The van der Waals surface area contributed by atoms with Crippen LogP contribution in [-0.2, 0) is 14.4 Å². The molecule has 0 aromatic heterocycles. The van der Waals surface area contributed by atoms with Crippen LogP contribution in [0.3, 0.4) is 0 Å². The Morgan fingerprint density at radius 1 is 1.00 bits per heavy atom. The van der Waals surface area contributed by atoms with Crippen LogP contribution < -0.4 is 16.4 Å². The predicted octanol–water partition coefficient (Wildman–Crippen LogP) is 3.04. The Balaban J connectivity index is 1.45. The Hall–Kier alpha value is -3.39. The van der Waals surface area contributed by atoms with Crippen LogP contribution >= 0.6 is 0 Å². The summed E-state index contributed by atoms with van der Waals surface area (Å²) < 4.78 is 0. The number of carbonyl (C=O) groups is 3. The largest absolute Gasteiger partial charge is 0.340 e. The maximum Gasteiger partial charge on any atom is 0.247 e. The minimum Gasteiger partial charge on any atom is -0.340 e. The summed E-state index contributed by atoms with van der Waals surface area (Å²) >= 11 is 0. The van der Waals surface area contributed by atoms with E-state index in [4.69, 9.17) is 10.7 Å². The van der Waals surface area contributed by atoms with Gasteiger partial charge in [-0.25, -0.2) is 0 Å². The van der Waals surface area contributed by atoms with E-state index in [0.717, 1.165) is 31.2 Å². The first-order chi connectivity index (χ1) is 17.3. The van der Waals surface area contributed by atoms with E-state index in [0.29, 0.717) is 37.1 Å². The third kappa shape index (κ3) is 4.23. The first-order valence-corrected chi connectivity index (χ1v) is 12.8. The van der Waals surface area contributed by atoms with Crippen LogP contribution in [0.15, 0.2) is 58.6 Å². The number of allylic oxidation sites excluding steroid dienone is 4. The highest BCUT2D eigenvalue weighted by atomic mass is 16.2. The molecule has 0 bridgehead atoms. The van der Waals surface area contributed by atoms with Gasteiger partial charge in [0.1, 0.15) is 5.54 Å². The lowest BCUT2D eigenvalue weighted by molar-refractivity contribution is -0.136. The molecule has 8 nitrogen and oxygen atoms in total. The summed E-state index contributed by atoms with van der Waals surface area (Å²) in [6.07, 6.45) is 13.6. The number of hydrogen-bond acceptors (Lipinski definition) is 6. The van der Waals surface area contributed by atoms with E-state index in [1.807, 2.05) is 43.3 Å². The van der Waals surface area contributed by atoms with Gasteiger partial charge in [0.2, 0.25) is 11.8 Å². The van der Waals surface area contributed by atoms with Crippen LogP contribution in [0.2, 0.25) is 0 Å². The molecule has 3 aliphatic carbocycles. The van der Waals surface area contributed by atoms with E-state index in [1.165, 1.54) is 0 Å². The number of amides is 2. The smallest absolute Gasteiger partial charge is 0.247 e. The van der Waals surface area contributed by atoms with Crippen LogP contribution in [0, 0.1) is 5.41 Å². The van der Waals surface area contributed by atoms with Crippen molar-refractivity contribution in [2.24, 2.45) is 21.1 Å². The summed E-state index contributed by atoms with van der Waals surface area (Å²) in [6.45, 7) is 1.83. The van der Waals surface area contributed by atoms with Crippen molar-refractivity contribution in [3.05, 3.63) is 54.1 Å². The van der Waals surface area contributed by atoms with Gasteiger partial charge in [0, 0.05) is 11.8 Å². The molecular weight excluding hydrogens is 454 g/mol. The van der Waals surface area contributed by atoms with Crippen molar-refractivity contribution in [2.45, 2.75) is 75.5 Å². The lowest BCUT2D eigenvalue weighted by Crippen LogP contribution is -2.64. The second-order valence-corrected chi connectivity index (χ2v) is 10.6. The van der Waals surface area contributed by atoms with Gasteiger partial charge in [0.05, 0.1) is 22.4 Å². The summed E-state index contributed by atoms with van der Waals surface area (Å²) in [5.74, 6) is -0.633. The number of para-hydroxylation sites is 1. The molecule has 188 valence electrons. The van der Waals surface area contributed by atoms with E-state index in [-0.39, 0.29) is 17.6 Å². The fraction of sp³-hybridized carbons (Fsp3) is 0.464. The van der Waals surface area contributed by atoms with Gasteiger partial charge >= 0.3 is 0 Å². The van der Waals surface area contributed by atoms with Gasteiger partial charge in [0.15, 0.2) is 11.9 Å². The zero-order valence-electron chi connectivity index (χ0n) is 20.6. The second-order valence-electron chi connectivity index (χ2n) is 10.6. The second kappa shape index (κ2) is 9.24. The van der Waals surface area contributed by atoms with Crippen molar-refractivity contribution in [3.8, 4) is 0 Å². The Kier molecular flexibility index (Phi) is 6.24. The number of nitrogens with one attached hydrogen (secondary N) is 2. The van der Waals surface area contributed by atoms with Gasteiger partial charge in [-0.1, -0.05) is 62.1 Å². The Bertz CT molecular complexity index is 1200. The van der Waals surface area contributed by atoms with Crippen LogP contribution in [0.25, 0.3) is 0 Å². The monoisotopic (exact) mass is 487 g/mol. The van der Waals surface area contributed by atoms with Gasteiger partial charge in [0.25, 0.3) is 0 Å². The SMILES string of the molecule is CC1(C2=N[C@H](NC(=O)C3(NC(=O)C4(N)CCCC4)CCCC3)C=Nc3ccccc32)C=CC=CC1=O. The maximum absolute atomic E-state index is 13.7. The van der Waals surface area contributed by atoms with E-state index < -0.39 is 22.7 Å². The van der Waals surface area contributed by atoms with Crippen molar-refractivity contribution in [2.75, 3.05) is 0 Å². The molecule has 1 heterocycles. The molecule has 1 unspecified atom stereocenters. The molecule has 2 saturated carbocycles. The van der Waals surface area contributed by atoms with E-state index in [1.54, 1.807) is 18.4 Å². The molecule has 0 radical (unpaired) electrons. The fourth-order valence-electron chi connectivity index (χ4n) is 5.74. The number of nitrogens with zero attached hydrogens (tertiary/aromatic N) is 2. The minimum absolute atomic E-state index is 0.0881. The Morgan fingerprint density at radius 2 is 1.69 bits per heavy atom. The molecule has 2 fully saturated rings. The quantitative estimate of drug-likeness (QED) is 0.590. The van der Waals surface area contributed by atoms with Crippen molar-refractivity contribution >= 4 is 35.2 Å². The molecule has 0 spiro atoms. The molecular formula is C28H33N5O3. The van der Waals surface area contributed by atoms with Gasteiger partial charge < -0.3 is 16.4 Å². The number of ketones is 1. The maximum atomic E-state index is 13.7. The number of hydrogen-bond donors (Lipinski definition) is 3. The standard InChI is InChI=1S/C28H33N5O3/c1-26(13-5-4-12-21(26)34)23-19-10-2-3-11-20(19)30-18-22(31-23)32-25(36)28(16-8-9-17-28)33-24(35)27(29)14-6-7-15-27/h2-5,10-13,18,22H,6-9,14-17,29H2,1H3,(H,32,36)(H,33,35)/t22-,26?/m1/s1. The molecule has 2 atom stereocenters. The summed E-state index contributed by atoms with van der Waals surface area (Å²) in [7, 11) is 0. The molecule has 4 N–H and O–H groups in total. The highest BCUT2D eigenvalue weighted by Gasteiger charge is 2.47. The third-order valence-electron chi connectivity index (χ3n) is 8.05. The van der Waals surface area contributed by atoms with Crippen LogP contribution in [-0.4, -0.2) is 46.8 Å². The molecule has 1 aliphatic heterocycles. The van der Waals surface area contributed by atoms with Gasteiger partial charge in [-0.2, -0.15) is 0 Å². The zero-order valence-corrected chi connectivity index (χ0v) is 20.6. The lowest BCUT2D eigenvalue weighted by atomic mass is 9.75. The molecule has 1 aromatic rings. The lowest BCUT2D eigenvalue weighted by Gasteiger charge is -2.34. The van der Waals surface area contributed by atoms with Crippen LogP contribution in [0.1, 0.15) is 63.9 Å². The first-order valence-electron chi connectivity index (χ1n) is 12.8. The molecule has 5 rings (SSSR count). The highest BCUT2D eigenvalue weighted by molar-refractivity contribution is 6.24. The molecule has 36 heavy (non-hydrogen) atoms. The van der Waals surface area contributed by atoms with Crippen molar-refractivity contribution in [1.82, 2.24) is 10.6 Å². The summed E-state index contributed by atoms with van der Waals surface area (Å²) in [4.78, 5) is 49.3. The number of fused-ring (bicyclic) bond motifs is 1. The van der Waals surface area contributed by atoms with Crippen LogP contribution in [0.4, 0.5) is 5.69 Å². The Morgan fingerprint density at radius 3 is 2.42 bits per heavy atom. The number of carbonyl (C=O) groups excluding carboxylic acids is 3. The van der Waals surface area contributed by atoms with Crippen molar-refractivity contribution in [3.63, 3.8) is 0 Å². The fourth-order valence-corrected chi connectivity index (χ4v) is 5.74. The molecule has 4 aliphatic rings. The molecule has 8 heteroatoms. The summed E-state index contributed by atoms with van der Waals surface area (Å²) in [6, 6.07) is 7.51. The van der Waals surface area contributed by atoms with Crippen molar-refractivity contribution in [1.29, 1.82) is 0 Å². The molecule has 0 saturated heterocycles. The topological polar surface area (TPSA) is 126 Å². The normalized spacial score (nSPS) is 27.8. The minimum atomic E-state index is -1.03. The number of aliphatic imine (C=N–C) groups is 2. The van der Waals surface area contributed by atoms with Gasteiger partial charge in [-0.3, -0.25) is 24.4 Å². The van der Waals surface area contributed by atoms with Crippen LogP contribution in [0.5, 0.6) is 0 Å². The highest BCUT2D eigenvalue weighted by Crippen LogP contribution is 2.36. The van der Waals surface area contributed by atoms with E-state index in [9.17, 15) is 14.4 Å². The first kappa shape index (κ1) is 24.3. The van der Waals surface area contributed by atoms with Gasteiger partial charge in [-0.15, -0.1) is 0 Å². The average Bonchev–Trinajstić information content (AvgIpc) is 3.49.